The van der Waals surface area contributed by atoms with Crippen LogP contribution >= 0.6 is 15.9 Å². The van der Waals surface area contributed by atoms with E-state index in [0.29, 0.717) is 0 Å². The first-order chi connectivity index (χ1) is 6.56. The quantitative estimate of drug-likeness (QED) is 0.874. The average Bonchev–Trinajstić information content (AvgIpc) is 2.15. The summed E-state index contributed by atoms with van der Waals surface area (Å²) in [6, 6.07) is 6.10. The maximum Gasteiger partial charge on any atom is 0.0459 e. The lowest BCUT2D eigenvalue weighted by Crippen LogP contribution is -2.33. The van der Waals surface area contributed by atoms with Gasteiger partial charge in [-0.05, 0) is 30.5 Å². The van der Waals surface area contributed by atoms with E-state index in [4.69, 9.17) is 11.5 Å². The normalized spacial score (nSPS) is 15.2. The van der Waals surface area contributed by atoms with E-state index < -0.39 is 0 Å². The van der Waals surface area contributed by atoms with Gasteiger partial charge in [0, 0.05) is 16.6 Å². The fourth-order valence-corrected chi connectivity index (χ4v) is 2.14. The smallest absolute Gasteiger partial charge is 0.0459 e. The lowest BCUT2D eigenvalue weighted by atomic mass is 9.98. The summed E-state index contributed by atoms with van der Waals surface area (Å²) in [7, 11) is 0. The first kappa shape index (κ1) is 11.7. The Morgan fingerprint density at radius 3 is 2.50 bits per heavy atom. The second-order valence-corrected chi connectivity index (χ2v) is 4.48. The van der Waals surface area contributed by atoms with Crippen molar-refractivity contribution in [3.8, 4) is 0 Å². The number of aryl methyl sites for hydroxylation is 1. The Morgan fingerprint density at radius 1 is 1.36 bits per heavy atom. The predicted octanol–water partition coefficient (Wildman–Crippen LogP) is 2.49. The minimum absolute atomic E-state index is 0.0222. The highest BCUT2D eigenvalue weighted by atomic mass is 79.9. The van der Waals surface area contributed by atoms with Gasteiger partial charge in [0.1, 0.15) is 0 Å². The van der Waals surface area contributed by atoms with E-state index in [1.807, 2.05) is 13.0 Å². The summed E-state index contributed by atoms with van der Waals surface area (Å²) in [5.41, 5.74) is 14.3. The highest BCUT2D eigenvalue weighted by Crippen LogP contribution is 2.25. The highest BCUT2D eigenvalue weighted by molar-refractivity contribution is 9.10. The van der Waals surface area contributed by atoms with Crippen molar-refractivity contribution in [2.24, 2.45) is 11.5 Å². The van der Waals surface area contributed by atoms with Crippen LogP contribution in [0.3, 0.4) is 0 Å². The van der Waals surface area contributed by atoms with Crippen molar-refractivity contribution in [3.63, 3.8) is 0 Å². The van der Waals surface area contributed by atoms with Crippen molar-refractivity contribution in [1.82, 2.24) is 0 Å². The Bertz CT molecular complexity index is 312. The Morgan fingerprint density at radius 2 is 2.00 bits per heavy atom. The summed E-state index contributed by atoms with van der Waals surface area (Å²) in [6.45, 7) is 4.10. The molecule has 2 nitrogen and oxygen atoms in total. The second-order valence-electron chi connectivity index (χ2n) is 3.62. The third-order valence-corrected chi connectivity index (χ3v) is 3.13. The molecule has 0 aromatic heterocycles. The zero-order valence-electron chi connectivity index (χ0n) is 8.63. The molecular formula is C11H17BrN2. The third kappa shape index (κ3) is 2.56. The van der Waals surface area contributed by atoms with Gasteiger partial charge >= 0.3 is 0 Å². The SMILES string of the molecule is CC[C@H](N)[C@@H](N)c1ccc(C)cc1Br. The molecule has 3 heteroatoms. The van der Waals surface area contributed by atoms with Crippen LogP contribution in [0.5, 0.6) is 0 Å². The first-order valence-electron chi connectivity index (χ1n) is 4.83. The molecule has 0 radical (unpaired) electrons. The average molecular weight is 257 g/mol. The van der Waals surface area contributed by atoms with Gasteiger partial charge in [-0.2, -0.15) is 0 Å². The zero-order valence-corrected chi connectivity index (χ0v) is 10.2. The maximum atomic E-state index is 6.04. The molecule has 0 aliphatic carbocycles. The Balaban J connectivity index is 2.95. The van der Waals surface area contributed by atoms with Crippen LogP contribution in [0.2, 0.25) is 0 Å². The van der Waals surface area contributed by atoms with Crippen LogP contribution in [-0.2, 0) is 0 Å². The molecule has 0 aliphatic heterocycles. The summed E-state index contributed by atoms with van der Waals surface area (Å²) >= 11 is 3.51. The number of rotatable bonds is 3. The van der Waals surface area contributed by atoms with Crippen LogP contribution in [0.4, 0.5) is 0 Å². The van der Waals surface area contributed by atoms with E-state index in [0.717, 1.165) is 16.5 Å². The van der Waals surface area contributed by atoms with Gasteiger partial charge in [-0.1, -0.05) is 35.0 Å². The molecule has 0 saturated heterocycles. The Kier molecular flexibility index (Phi) is 4.11. The molecule has 0 heterocycles. The van der Waals surface area contributed by atoms with Gasteiger partial charge in [0.2, 0.25) is 0 Å². The summed E-state index contributed by atoms with van der Waals surface area (Å²) in [5, 5.41) is 0. The van der Waals surface area contributed by atoms with E-state index in [1.165, 1.54) is 5.56 Å². The monoisotopic (exact) mass is 256 g/mol. The molecule has 14 heavy (non-hydrogen) atoms. The van der Waals surface area contributed by atoms with Crippen molar-refractivity contribution in [2.45, 2.75) is 32.4 Å². The molecule has 1 rings (SSSR count). The largest absolute Gasteiger partial charge is 0.326 e. The molecule has 0 amide bonds. The molecule has 4 N–H and O–H groups in total. The molecule has 2 atom stereocenters. The third-order valence-electron chi connectivity index (χ3n) is 2.45. The van der Waals surface area contributed by atoms with Gasteiger partial charge in [0.05, 0.1) is 0 Å². The molecule has 1 aromatic rings. The predicted molar refractivity (Wildman–Crippen MR) is 64.1 cm³/mol. The molecule has 0 fully saturated rings. The summed E-state index contributed by atoms with van der Waals surface area (Å²) < 4.78 is 1.05. The van der Waals surface area contributed by atoms with Crippen LogP contribution < -0.4 is 11.5 Å². The van der Waals surface area contributed by atoms with Gasteiger partial charge in [0.25, 0.3) is 0 Å². The standard InChI is InChI=1S/C11H17BrN2/c1-3-10(13)11(14)8-5-4-7(2)6-9(8)12/h4-6,10-11H,3,13-14H2,1-2H3/t10-,11-/m0/s1. The minimum Gasteiger partial charge on any atom is -0.326 e. The van der Waals surface area contributed by atoms with Crippen LogP contribution in [-0.4, -0.2) is 6.04 Å². The molecule has 0 spiro atoms. The van der Waals surface area contributed by atoms with Crippen molar-refractivity contribution in [3.05, 3.63) is 33.8 Å². The van der Waals surface area contributed by atoms with Crippen LogP contribution in [0.1, 0.15) is 30.5 Å². The highest BCUT2D eigenvalue weighted by Gasteiger charge is 2.15. The second kappa shape index (κ2) is 4.91. The summed E-state index contributed by atoms with van der Waals surface area (Å²) in [5.74, 6) is 0. The molecule has 0 bridgehead atoms. The number of benzene rings is 1. The molecule has 78 valence electrons. The number of hydrogen-bond acceptors (Lipinski definition) is 2. The van der Waals surface area contributed by atoms with Crippen molar-refractivity contribution >= 4 is 15.9 Å². The van der Waals surface area contributed by atoms with E-state index in [-0.39, 0.29) is 12.1 Å². The molecule has 0 aliphatic rings. The van der Waals surface area contributed by atoms with Crippen LogP contribution in [0, 0.1) is 6.92 Å². The fraction of sp³-hybridized carbons (Fsp3) is 0.455. The number of halogens is 1. The van der Waals surface area contributed by atoms with E-state index in [1.54, 1.807) is 0 Å². The molecule has 1 aromatic carbocycles. The lowest BCUT2D eigenvalue weighted by Gasteiger charge is -2.20. The Hall–Kier alpha value is -0.380. The van der Waals surface area contributed by atoms with E-state index in [2.05, 4.69) is 35.0 Å². The van der Waals surface area contributed by atoms with E-state index in [9.17, 15) is 0 Å². The summed E-state index contributed by atoms with van der Waals surface area (Å²) in [6.07, 6.45) is 0.890. The van der Waals surface area contributed by atoms with Gasteiger partial charge in [-0.15, -0.1) is 0 Å². The fourth-order valence-electron chi connectivity index (χ4n) is 1.39. The van der Waals surface area contributed by atoms with Gasteiger partial charge in [-0.25, -0.2) is 0 Å². The van der Waals surface area contributed by atoms with Crippen molar-refractivity contribution in [2.75, 3.05) is 0 Å². The van der Waals surface area contributed by atoms with Crippen molar-refractivity contribution in [1.29, 1.82) is 0 Å². The molecule has 0 unspecified atom stereocenters. The number of nitrogens with two attached hydrogens (primary N) is 2. The van der Waals surface area contributed by atoms with Crippen LogP contribution in [0.15, 0.2) is 22.7 Å². The first-order valence-corrected chi connectivity index (χ1v) is 5.62. The van der Waals surface area contributed by atoms with Crippen LogP contribution in [0.25, 0.3) is 0 Å². The lowest BCUT2D eigenvalue weighted by molar-refractivity contribution is 0.531. The summed E-state index contributed by atoms with van der Waals surface area (Å²) in [4.78, 5) is 0. The van der Waals surface area contributed by atoms with Crippen molar-refractivity contribution < 1.29 is 0 Å². The van der Waals surface area contributed by atoms with E-state index >= 15 is 0 Å². The maximum absolute atomic E-state index is 6.04. The molecular weight excluding hydrogens is 240 g/mol. The number of hydrogen-bond donors (Lipinski definition) is 2. The molecule has 0 saturated carbocycles. The van der Waals surface area contributed by atoms with Gasteiger partial charge < -0.3 is 11.5 Å². The van der Waals surface area contributed by atoms with Gasteiger partial charge in [0.15, 0.2) is 0 Å². The minimum atomic E-state index is -0.0880. The van der Waals surface area contributed by atoms with Gasteiger partial charge in [-0.3, -0.25) is 0 Å². The zero-order chi connectivity index (χ0) is 10.7. The topological polar surface area (TPSA) is 52.0 Å². The Labute approximate surface area is 93.8 Å².